The van der Waals surface area contributed by atoms with E-state index in [4.69, 9.17) is 0 Å². The fourth-order valence-electron chi connectivity index (χ4n) is 3.18. The largest absolute Gasteiger partial charge is 0.396 e. The number of piperidine rings is 1. The molecule has 6 nitrogen and oxygen atoms in total. The van der Waals surface area contributed by atoms with Crippen LogP contribution in [-0.2, 0) is 0 Å². The van der Waals surface area contributed by atoms with Crippen molar-refractivity contribution >= 4 is 11.5 Å². The van der Waals surface area contributed by atoms with Crippen LogP contribution in [0, 0.1) is 11.7 Å². The molecule has 0 saturated carbocycles. The molecule has 3 heterocycles. The number of nitrogens with zero attached hydrogens (tertiary/aromatic N) is 5. The number of halogens is 1. The summed E-state index contributed by atoms with van der Waals surface area (Å²) in [5, 5.41) is 22.2. The van der Waals surface area contributed by atoms with Crippen LogP contribution in [-0.4, -0.2) is 44.6 Å². The Kier molecular flexibility index (Phi) is 3.86. The van der Waals surface area contributed by atoms with Gasteiger partial charge in [0.1, 0.15) is 11.6 Å². The highest BCUT2D eigenvalue weighted by molar-refractivity contribution is 5.60. The van der Waals surface area contributed by atoms with Gasteiger partial charge in [-0.05, 0) is 43.0 Å². The van der Waals surface area contributed by atoms with E-state index in [-0.39, 0.29) is 18.3 Å². The summed E-state index contributed by atoms with van der Waals surface area (Å²) in [6.45, 7) is 1.85. The zero-order valence-electron chi connectivity index (χ0n) is 13.1. The molecule has 1 N–H and O–H groups in total. The van der Waals surface area contributed by atoms with Gasteiger partial charge in [-0.15, -0.1) is 15.3 Å². The fraction of sp³-hybridized carbons (Fsp3) is 0.353. The van der Waals surface area contributed by atoms with Gasteiger partial charge in [-0.2, -0.15) is 4.52 Å². The van der Waals surface area contributed by atoms with Crippen LogP contribution in [0.2, 0.25) is 0 Å². The number of anilines is 1. The van der Waals surface area contributed by atoms with Gasteiger partial charge < -0.3 is 10.0 Å². The van der Waals surface area contributed by atoms with Gasteiger partial charge in [-0.1, -0.05) is 12.1 Å². The predicted octanol–water partition coefficient (Wildman–Crippen LogP) is 2.14. The standard InChI is InChI=1S/C17H18FN5O/c18-14-6-2-1-5-13(14)17-20-19-15-7-8-16(21-23(15)17)22-9-3-4-12(10-22)11-24/h1-2,5-8,12,24H,3-4,9-11H2. The molecule has 1 aromatic carbocycles. The maximum Gasteiger partial charge on any atom is 0.188 e. The van der Waals surface area contributed by atoms with Gasteiger partial charge in [-0.3, -0.25) is 0 Å². The van der Waals surface area contributed by atoms with Crippen molar-refractivity contribution < 1.29 is 9.50 Å². The summed E-state index contributed by atoms with van der Waals surface area (Å²) in [4.78, 5) is 2.15. The minimum absolute atomic E-state index is 0.186. The Morgan fingerprint density at radius 1 is 1.17 bits per heavy atom. The first-order chi connectivity index (χ1) is 11.8. The van der Waals surface area contributed by atoms with Crippen LogP contribution < -0.4 is 4.90 Å². The Morgan fingerprint density at radius 3 is 2.88 bits per heavy atom. The van der Waals surface area contributed by atoms with E-state index in [9.17, 15) is 9.50 Å². The molecule has 7 heteroatoms. The molecule has 0 bridgehead atoms. The second kappa shape index (κ2) is 6.16. The normalized spacial score (nSPS) is 18.2. The first-order valence-corrected chi connectivity index (χ1v) is 8.09. The summed E-state index contributed by atoms with van der Waals surface area (Å²) in [7, 11) is 0. The number of aliphatic hydroxyl groups is 1. The highest BCUT2D eigenvalue weighted by Crippen LogP contribution is 2.24. The molecule has 0 radical (unpaired) electrons. The summed E-state index contributed by atoms with van der Waals surface area (Å²) in [6.07, 6.45) is 2.05. The summed E-state index contributed by atoms with van der Waals surface area (Å²) in [5.41, 5.74) is 0.953. The first kappa shape index (κ1) is 15.0. The molecule has 2 aromatic heterocycles. The van der Waals surface area contributed by atoms with E-state index < -0.39 is 0 Å². The van der Waals surface area contributed by atoms with E-state index in [1.807, 2.05) is 12.1 Å². The molecule has 0 aliphatic carbocycles. The Balaban J connectivity index is 1.75. The summed E-state index contributed by atoms with van der Waals surface area (Å²) in [6, 6.07) is 10.2. The second-order valence-electron chi connectivity index (χ2n) is 6.10. The molecule has 0 spiro atoms. The summed E-state index contributed by atoms with van der Waals surface area (Å²) in [5.74, 6) is 1.10. The molecule has 0 amide bonds. The van der Waals surface area contributed by atoms with Gasteiger partial charge in [0, 0.05) is 19.7 Å². The van der Waals surface area contributed by atoms with Crippen LogP contribution in [0.4, 0.5) is 10.2 Å². The Labute approximate surface area is 138 Å². The lowest BCUT2D eigenvalue weighted by molar-refractivity contribution is 0.208. The lowest BCUT2D eigenvalue weighted by Crippen LogP contribution is -2.37. The Bertz CT molecular complexity index is 865. The third-order valence-electron chi connectivity index (χ3n) is 4.46. The number of aromatic nitrogens is 4. The maximum atomic E-state index is 14.1. The fourth-order valence-corrected chi connectivity index (χ4v) is 3.18. The third-order valence-corrected chi connectivity index (χ3v) is 4.46. The smallest absolute Gasteiger partial charge is 0.188 e. The van der Waals surface area contributed by atoms with Crippen molar-refractivity contribution in [2.45, 2.75) is 12.8 Å². The van der Waals surface area contributed by atoms with Gasteiger partial charge >= 0.3 is 0 Å². The number of benzene rings is 1. The lowest BCUT2D eigenvalue weighted by atomic mass is 9.99. The molecular weight excluding hydrogens is 309 g/mol. The molecule has 24 heavy (non-hydrogen) atoms. The van der Waals surface area contributed by atoms with Gasteiger partial charge in [0.2, 0.25) is 0 Å². The number of rotatable bonds is 3. The first-order valence-electron chi connectivity index (χ1n) is 8.09. The topological polar surface area (TPSA) is 66.5 Å². The second-order valence-corrected chi connectivity index (χ2v) is 6.10. The average molecular weight is 327 g/mol. The zero-order valence-corrected chi connectivity index (χ0v) is 13.1. The quantitative estimate of drug-likeness (QED) is 0.798. The number of aliphatic hydroxyl groups excluding tert-OH is 1. The molecule has 4 rings (SSSR count). The van der Waals surface area contributed by atoms with Crippen molar-refractivity contribution in [2.24, 2.45) is 5.92 Å². The van der Waals surface area contributed by atoms with Crippen LogP contribution in [0.5, 0.6) is 0 Å². The summed E-state index contributed by atoms with van der Waals surface area (Å²) < 4.78 is 15.7. The van der Waals surface area contributed by atoms with Crippen molar-refractivity contribution in [1.29, 1.82) is 0 Å². The Hall–Kier alpha value is -2.54. The lowest BCUT2D eigenvalue weighted by Gasteiger charge is -2.32. The molecule has 1 saturated heterocycles. The van der Waals surface area contributed by atoms with E-state index in [0.29, 0.717) is 17.0 Å². The van der Waals surface area contributed by atoms with Crippen molar-refractivity contribution in [3.63, 3.8) is 0 Å². The van der Waals surface area contributed by atoms with E-state index in [1.54, 1.807) is 22.7 Å². The molecule has 1 unspecified atom stereocenters. The van der Waals surface area contributed by atoms with Crippen molar-refractivity contribution in [2.75, 3.05) is 24.6 Å². The van der Waals surface area contributed by atoms with Crippen LogP contribution in [0.3, 0.4) is 0 Å². The molecule has 1 aliphatic heterocycles. The highest BCUT2D eigenvalue weighted by atomic mass is 19.1. The molecule has 124 valence electrons. The highest BCUT2D eigenvalue weighted by Gasteiger charge is 2.21. The van der Waals surface area contributed by atoms with E-state index >= 15 is 0 Å². The monoisotopic (exact) mass is 327 g/mol. The number of hydrogen-bond acceptors (Lipinski definition) is 5. The third kappa shape index (κ3) is 2.60. The van der Waals surface area contributed by atoms with E-state index in [2.05, 4.69) is 20.2 Å². The average Bonchev–Trinajstić information content (AvgIpc) is 3.05. The van der Waals surface area contributed by atoms with Crippen LogP contribution >= 0.6 is 0 Å². The van der Waals surface area contributed by atoms with E-state index in [0.717, 1.165) is 31.7 Å². The van der Waals surface area contributed by atoms with Crippen LogP contribution in [0.25, 0.3) is 17.0 Å². The van der Waals surface area contributed by atoms with Gasteiger partial charge in [0.25, 0.3) is 0 Å². The summed E-state index contributed by atoms with van der Waals surface area (Å²) >= 11 is 0. The van der Waals surface area contributed by atoms with Crippen LogP contribution in [0.15, 0.2) is 36.4 Å². The van der Waals surface area contributed by atoms with Gasteiger partial charge in [0.05, 0.1) is 5.56 Å². The molecule has 1 fully saturated rings. The Morgan fingerprint density at radius 2 is 2.04 bits per heavy atom. The number of hydrogen-bond donors (Lipinski definition) is 1. The number of fused-ring (bicyclic) bond motifs is 1. The van der Waals surface area contributed by atoms with Crippen LogP contribution in [0.1, 0.15) is 12.8 Å². The minimum atomic E-state index is -0.350. The van der Waals surface area contributed by atoms with Crippen molar-refractivity contribution in [3.05, 3.63) is 42.2 Å². The maximum absolute atomic E-state index is 14.1. The van der Waals surface area contributed by atoms with E-state index in [1.165, 1.54) is 6.07 Å². The van der Waals surface area contributed by atoms with Gasteiger partial charge in [0.15, 0.2) is 11.5 Å². The zero-order chi connectivity index (χ0) is 16.5. The predicted molar refractivity (Wildman–Crippen MR) is 88.2 cm³/mol. The molecule has 3 aromatic rings. The SMILES string of the molecule is OCC1CCCN(c2ccc3nnc(-c4ccccc4F)n3n2)C1. The van der Waals surface area contributed by atoms with Gasteiger partial charge in [-0.25, -0.2) is 4.39 Å². The molecular formula is C17H18FN5O. The minimum Gasteiger partial charge on any atom is -0.396 e. The van der Waals surface area contributed by atoms with Crippen molar-refractivity contribution in [1.82, 2.24) is 19.8 Å². The van der Waals surface area contributed by atoms with Crippen molar-refractivity contribution in [3.8, 4) is 11.4 Å². The molecule has 1 aliphatic rings. The molecule has 1 atom stereocenters.